The fraction of sp³-hybridized carbons (Fsp3) is 0.133. The molecule has 0 saturated carbocycles. The first-order valence-corrected chi connectivity index (χ1v) is 6.96. The molecule has 1 amide bonds. The largest absolute Gasteiger partial charge is 0.380 e. The second-order valence-corrected chi connectivity index (χ2v) is 5.21. The molecule has 0 aliphatic carbocycles. The van der Waals surface area contributed by atoms with Crippen molar-refractivity contribution in [3.63, 3.8) is 0 Å². The molecule has 0 heterocycles. The van der Waals surface area contributed by atoms with Crippen LogP contribution in [0.2, 0.25) is 10.0 Å². The third-order valence-electron chi connectivity index (χ3n) is 2.94. The first kappa shape index (κ1) is 15.6. The molecule has 2 aromatic carbocycles. The minimum absolute atomic E-state index is 0.215. The van der Waals surface area contributed by atoms with Gasteiger partial charge in [0.1, 0.15) is 5.82 Å². The summed E-state index contributed by atoms with van der Waals surface area (Å²) in [6.07, 6.45) is 0. The lowest BCUT2D eigenvalue weighted by molar-refractivity contribution is 0.0963. The molecule has 2 N–H and O–H groups in total. The van der Waals surface area contributed by atoms with Gasteiger partial charge >= 0.3 is 0 Å². The molecule has 0 aromatic heterocycles. The second-order valence-electron chi connectivity index (χ2n) is 4.36. The lowest BCUT2D eigenvalue weighted by Gasteiger charge is -2.11. The highest BCUT2D eigenvalue weighted by molar-refractivity contribution is 6.33. The van der Waals surface area contributed by atoms with E-state index in [1.54, 1.807) is 37.4 Å². The van der Waals surface area contributed by atoms with Crippen LogP contribution in [0.3, 0.4) is 0 Å². The standard InChI is InChI=1S/C15H13Cl2FN2O/c1-19-15(21)9-3-5-12(17)14(6-9)20-8-10-2-4-11(16)7-13(10)18/h2-7,20H,8H2,1H3,(H,19,21). The van der Waals surface area contributed by atoms with Crippen molar-refractivity contribution in [2.75, 3.05) is 12.4 Å². The number of benzene rings is 2. The lowest BCUT2D eigenvalue weighted by atomic mass is 10.1. The molecule has 3 nitrogen and oxygen atoms in total. The van der Waals surface area contributed by atoms with Gasteiger partial charge in [-0.05, 0) is 30.3 Å². The van der Waals surface area contributed by atoms with Crippen molar-refractivity contribution in [1.82, 2.24) is 5.32 Å². The summed E-state index contributed by atoms with van der Waals surface area (Å²) in [5, 5.41) is 6.35. The van der Waals surface area contributed by atoms with E-state index in [2.05, 4.69) is 10.6 Å². The summed E-state index contributed by atoms with van der Waals surface area (Å²) in [7, 11) is 1.55. The van der Waals surface area contributed by atoms with Crippen LogP contribution >= 0.6 is 23.2 Å². The third-order valence-corrected chi connectivity index (χ3v) is 3.50. The summed E-state index contributed by atoms with van der Waals surface area (Å²) >= 11 is 11.8. The molecular weight excluding hydrogens is 314 g/mol. The molecule has 0 atom stereocenters. The number of nitrogens with one attached hydrogen (secondary N) is 2. The Labute approximate surface area is 132 Å². The topological polar surface area (TPSA) is 41.1 Å². The smallest absolute Gasteiger partial charge is 0.251 e. The van der Waals surface area contributed by atoms with Gasteiger partial charge in [-0.25, -0.2) is 4.39 Å². The minimum Gasteiger partial charge on any atom is -0.380 e. The Morgan fingerprint density at radius 3 is 2.62 bits per heavy atom. The molecule has 2 aromatic rings. The van der Waals surface area contributed by atoms with Crippen LogP contribution < -0.4 is 10.6 Å². The Balaban J connectivity index is 2.17. The summed E-state index contributed by atoms with van der Waals surface area (Å²) in [6, 6.07) is 9.32. The zero-order valence-corrected chi connectivity index (χ0v) is 12.7. The monoisotopic (exact) mass is 326 g/mol. The Hall–Kier alpha value is -1.78. The van der Waals surface area contributed by atoms with Gasteiger partial charge in [0.2, 0.25) is 0 Å². The van der Waals surface area contributed by atoms with E-state index < -0.39 is 5.82 Å². The molecule has 21 heavy (non-hydrogen) atoms. The van der Waals surface area contributed by atoms with E-state index in [0.29, 0.717) is 26.9 Å². The van der Waals surface area contributed by atoms with Crippen molar-refractivity contribution in [2.45, 2.75) is 6.54 Å². The highest BCUT2D eigenvalue weighted by atomic mass is 35.5. The van der Waals surface area contributed by atoms with Gasteiger partial charge in [0, 0.05) is 29.7 Å². The van der Waals surface area contributed by atoms with Gasteiger partial charge in [0.05, 0.1) is 10.7 Å². The average molecular weight is 327 g/mol. The normalized spacial score (nSPS) is 10.3. The summed E-state index contributed by atoms with van der Waals surface area (Å²) in [4.78, 5) is 11.6. The Morgan fingerprint density at radius 1 is 1.19 bits per heavy atom. The molecule has 0 aliphatic rings. The summed E-state index contributed by atoms with van der Waals surface area (Å²) in [5.41, 5.74) is 1.49. The predicted octanol–water partition coefficient (Wildman–Crippen LogP) is 4.10. The van der Waals surface area contributed by atoms with E-state index in [9.17, 15) is 9.18 Å². The molecule has 6 heteroatoms. The summed E-state index contributed by atoms with van der Waals surface area (Å²) in [5.74, 6) is -0.610. The fourth-order valence-electron chi connectivity index (χ4n) is 1.80. The lowest BCUT2D eigenvalue weighted by Crippen LogP contribution is -2.17. The van der Waals surface area contributed by atoms with Crippen LogP contribution in [-0.4, -0.2) is 13.0 Å². The third kappa shape index (κ3) is 3.86. The van der Waals surface area contributed by atoms with Crippen LogP contribution in [0.25, 0.3) is 0 Å². The maximum Gasteiger partial charge on any atom is 0.251 e. The quantitative estimate of drug-likeness (QED) is 0.887. The number of carbonyl (C=O) groups is 1. The van der Waals surface area contributed by atoms with Gasteiger partial charge in [-0.15, -0.1) is 0 Å². The van der Waals surface area contributed by atoms with Gasteiger partial charge in [-0.1, -0.05) is 29.3 Å². The van der Waals surface area contributed by atoms with Gasteiger partial charge in [-0.2, -0.15) is 0 Å². The number of hydrogen-bond donors (Lipinski definition) is 2. The molecule has 2 rings (SSSR count). The molecule has 0 radical (unpaired) electrons. The van der Waals surface area contributed by atoms with Gasteiger partial charge in [-0.3, -0.25) is 4.79 Å². The van der Waals surface area contributed by atoms with Crippen LogP contribution in [0.15, 0.2) is 36.4 Å². The van der Waals surface area contributed by atoms with Crippen molar-refractivity contribution >= 4 is 34.8 Å². The zero-order chi connectivity index (χ0) is 15.4. The number of rotatable bonds is 4. The van der Waals surface area contributed by atoms with Crippen molar-refractivity contribution in [3.8, 4) is 0 Å². The average Bonchev–Trinajstić information content (AvgIpc) is 2.47. The summed E-state index contributed by atoms with van der Waals surface area (Å²) < 4.78 is 13.7. The van der Waals surface area contributed by atoms with E-state index >= 15 is 0 Å². The maximum absolute atomic E-state index is 13.7. The number of carbonyl (C=O) groups excluding carboxylic acids is 1. The number of halogens is 3. The maximum atomic E-state index is 13.7. The highest BCUT2D eigenvalue weighted by Gasteiger charge is 2.08. The molecule has 0 aliphatic heterocycles. The summed E-state index contributed by atoms with van der Waals surface area (Å²) in [6.45, 7) is 0.236. The van der Waals surface area contributed by atoms with E-state index in [4.69, 9.17) is 23.2 Å². The molecular formula is C15H13Cl2FN2O. The van der Waals surface area contributed by atoms with Gasteiger partial charge in [0.15, 0.2) is 0 Å². The minimum atomic E-state index is -0.395. The molecule has 0 bridgehead atoms. The number of amides is 1. The SMILES string of the molecule is CNC(=O)c1ccc(Cl)c(NCc2ccc(Cl)cc2F)c1. The van der Waals surface area contributed by atoms with Crippen molar-refractivity contribution in [2.24, 2.45) is 0 Å². The van der Waals surface area contributed by atoms with E-state index in [-0.39, 0.29) is 12.5 Å². The molecule has 0 saturated heterocycles. The van der Waals surface area contributed by atoms with E-state index in [0.717, 1.165) is 0 Å². The van der Waals surface area contributed by atoms with Crippen LogP contribution in [0.1, 0.15) is 15.9 Å². The van der Waals surface area contributed by atoms with Crippen LogP contribution in [-0.2, 0) is 6.54 Å². The molecule has 0 fully saturated rings. The molecule has 0 unspecified atom stereocenters. The van der Waals surface area contributed by atoms with Crippen LogP contribution in [0, 0.1) is 5.82 Å². The fourth-order valence-corrected chi connectivity index (χ4v) is 2.14. The van der Waals surface area contributed by atoms with E-state index in [1.165, 1.54) is 6.07 Å². The van der Waals surface area contributed by atoms with Gasteiger partial charge in [0.25, 0.3) is 5.91 Å². The molecule has 0 spiro atoms. The first-order valence-electron chi connectivity index (χ1n) is 6.20. The number of hydrogen-bond acceptors (Lipinski definition) is 2. The molecule has 110 valence electrons. The Kier molecular flexibility index (Phi) is 5.04. The van der Waals surface area contributed by atoms with Crippen molar-refractivity contribution in [1.29, 1.82) is 0 Å². The van der Waals surface area contributed by atoms with Crippen LogP contribution in [0.5, 0.6) is 0 Å². The first-order chi connectivity index (χ1) is 10.0. The predicted molar refractivity (Wildman–Crippen MR) is 83.6 cm³/mol. The van der Waals surface area contributed by atoms with Crippen molar-refractivity contribution in [3.05, 3.63) is 63.4 Å². The van der Waals surface area contributed by atoms with Crippen molar-refractivity contribution < 1.29 is 9.18 Å². The van der Waals surface area contributed by atoms with Gasteiger partial charge < -0.3 is 10.6 Å². The Morgan fingerprint density at radius 2 is 1.95 bits per heavy atom. The number of anilines is 1. The highest BCUT2D eigenvalue weighted by Crippen LogP contribution is 2.24. The second kappa shape index (κ2) is 6.78. The van der Waals surface area contributed by atoms with E-state index in [1.807, 2.05) is 0 Å². The Bertz CT molecular complexity index is 677. The zero-order valence-electron chi connectivity index (χ0n) is 11.2. The van der Waals surface area contributed by atoms with Crippen LogP contribution in [0.4, 0.5) is 10.1 Å².